The molecule has 0 aliphatic rings. The summed E-state index contributed by atoms with van der Waals surface area (Å²) in [6, 6.07) is 18.7. The summed E-state index contributed by atoms with van der Waals surface area (Å²) in [5.41, 5.74) is 4.80. The van der Waals surface area contributed by atoms with Crippen molar-refractivity contribution in [1.82, 2.24) is 5.43 Å². The van der Waals surface area contributed by atoms with Gasteiger partial charge in [-0.1, -0.05) is 40.2 Å². The summed E-state index contributed by atoms with van der Waals surface area (Å²) in [5.74, 6) is 0.842. The van der Waals surface area contributed by atoms with E-state index in [0.717, 1.165) is 20.1 Å². The lowest BCUT2D eigenvalue weighted by molar-refractivity contribution is 0.0954. The van der Waals surface area contributed by atoms with Crippen LogP contribution in [0.5, 0.6) is 11.5 Å². The van der Waals surface area contributed by atoms with Crippen LogP contribution in [0.3, 0.4) is 0 Å². The minimum atomic E-state index is -0.306. The molecule has 1 N–H and O–H groups in total. The van der Waals surface area contributed by atoms with Gasteiger partial charge in [0.1, 0.15) is 6.61 Å². The number of hydrogen-bond donors (Lipinski definition) is 1. The van der Waals surface area contributed by atoms with Gasteiger partial charge >= 0.3 is 0 Å². The Hall–Kier alpha value is -2.16. The molecule has 0 fully saturated rings. The molecule has 1 amide bonds. The zero-order valence-electron chi connectivity index (χ0n) is 15.9. The fourth-order valence-corrected chi connectivity index (χ4v) is 3.86. The minimum Gasteiger partial charge on any atom is -0.493 e. The Balaban J connectivity index is 1.70. The molecule has 3 aromatic carbocycles. The molecule has 0 unspecified atom stereocenters. The van der Waals surface area contributed by atoms with Crippen molar-refractivity contribution in [3.63, 3.8) is 0 Å². The molecule has 0 heterocycles. The predicted molar refractivity (Wildman–Crippen MR) is 128 cm³/mol. The van der Waals surface area contributed by atoms with E-state index >= 15 is 0 Å². The number of methoxy groups -OCH3 is 1. The number of benzene rings is 3. The van der Waals surface area contributed by atoms with E-state index in [0.29, 0.717) is 28.1 Å². The average Bonchev–Trinajstić information content (AvgIpc) is 2.74. The quantitative estimate of drug-likeness (QED) is 0.256. The topological polar surface area (TPSA) is 59.9 Å². The minimum absolute atomic E-state index is 0.306. The van der Waals surface area contributed by atoms with Crippen LogP contribution >= 0.6 is 47.8 Å². The molecule has 0 bridgehead atoms. The van der Waals surface area contributed by atoms with Crippen LogP contribution in [0.4, 0.5) is 0 Å². The van der Waals surface area contributed by atoms with E-state index in [1.165, 1.54) is 0 Å². The van der Waals surface area contributed by atoms with Gasteiger partial charge in [0.25, 0.3) is 5.91 Å². The highest BCUT2D eigenvalue weighted by Crippen LogP contribution is 2.37. The van der Waals surface area contributed by atoms with Crippen LogP contribution in [0.1, 0.15) is 21.5 Å². The van der Waals surface area contributed by atoms with Crippen molar-refractivity contribution in [2.75, 3.05) is 7.11 Å². The van der Waals surface area contributed by atoms with Crippen LogP contribution in [0, 0.1) is 0 Å². The van der Waals surface area contributed by atoms with Gasteiger partial charge in [0.2, 0.25) is 0 Å². The summed E-state index contributed by atoms with van der Waals surface area (Å²) in [5, 5.41) is 4.04. The van der Waals surface area contributed by atoms with Crippen molar-refractivity contribution >= 4 is 59.9 Å². The fourth-order valence-electron chi connectivity index (χ4n) is 2.56. The third-order valence-corrected chi connectivity index (χ3v) is 5.86. The van der Waals surface area contributed by atoms with Crippen molar-refractivity contribution in [2.45, 2.75) is 6.61 Å². The number of hydrazone groups is 1. The molecule has 0 aromatic heterocycles. The second-order valence-corrected chi connectivity index (χ2v) is 8.75. The number of hydrogen-bond acceptors (Lipinski definition) is 4. The summed E-state index contributed by atoms with van der Waals surface area (Å²) >= 11 is 10.3. The van der Waals surface area contributed by atoms with E-state index in [-0.39, 0.29) is 5.91 Å². The highest BCUT2D eigenvalue weighted by molar-refractivity contribution is 9.11. The molecular weight excluding hydrogens is 580 g/mol. The third kappa shape index (κ3) is 5.93. The number of rotatable bonds is 7. The van der Waals surface area contributed by atoms with Crippen molar-refractivity contribution in [2.24, 2.45) is 5.10 Å². The molecule has 0 saturated heterocycles. The van der Waals surface area contributed by atoms with E-state index < -0.39 is 0 Å². The van der Waals surface area contributed by atoms with E-state index in [2.05, 4.69) is 58.3 Å². The van der Waals surface area contributed by atoms with Crippen LogP contribution in [0.25, 0.3) is 0 Å². The Morgan fingerprint density at radius 2 is 1.77 bits per heavy atom. The van der Waals surface area contributed by atoms with Gasteiger partial charge in [-0.3, -0.25) is 4.79 Å². The van der Waals surface area contributed by atoms with Crippen molar-refractivity contribution in [1.29, 1.82) is 0 Å². The van der Waals surface area contributed by atoms with Crippen LogP contribution in [-0.2, 0) is 6.61 Å². The largest absolute Gasteiger partial charge is 0.493 e. The van der Waals surface area contributed by atoms with Gasteiger partial charge in [0.15, 0.2) is 11.5 Å². The van der Waals surface area contributed by atoms with Crippen LogP contribution < -0.4 is 14.9 Å². The second-order valence-electron chi connectivity index (χ2n) is 6.13. The highest BCUT2D eigenvalue weighted by Gasteiger charge is 2.12. The van der Waals surface area contributed by atoms with E-state index in [1.54, 1.807) is 37.6 Å². The van der Waals surface area contributed by atoms with E-state index in [1.807, 2.05) is 36.4 Å². The third-order valence-electron chi connectivity index (χ3n) is 4.05. The van der Waals surface area contributed by atoms with Gasteiger partial charge < -0.3 is 9.47 Å². The van der Waals surface area contributed by atoms with Crippen LogP contribution in [0.15, 0.2) is 79.2 Å². The van der Waals surface area contributed by atoms with Crippen molar-refractivity contribution in [3.05, 3.63) is 90.8 Å². The first-order valence-electron chi connectivity index (χ1n) is 8.80. The maximum absolute atomic E-state index is 12.2. The first kappa shape index (κ1) is 22.5. The summed E-state index contributed by atoms with van der Waals surface area (Å²) in [7, 11) is 1.57. The highest BCUT2D eigenvalue weighted by atomic mass is 79.9. The van der Waals surface area contributed by atoms with Crippen molar-refractivity contribution in [3.8, 4) is 11.5 Å². The lowest BCUT2D eigenvalue weighted by Gasteiger charge is -2.13. The number of nitrogens with one attached hydrogen (secondary N) is 1. The Labute approximate surface area is 199 Å². The lowest BCUT2D eigenvalue weighted by Crippen LogP contribution is -2.18. The molecule has 154 valence electrons. The first-order chi connectivity index (χ1) is 14.5. The number of nitrogens with zero attached hydrogens (tertiary/aromatic N) is 1. The van der Waals surface area contributed by atoms with Gasteiger partial charge in [-0.05, 0) is 79.4 Å². The summed E-state index contributed by atoms with van der Waals surface area (Å²) in [6.45, 7) is 0.400. The molecule has 0 saturated carbocycles. The monoisotopic (exact) mass is 594 g/mol. The Morgan fingerprint density at radius 3 is 2.47 bits per heavy atom. The normalized spacial score (nSPS) is 10.8. The van der Waals surface area contributed by atoms with Gasteiger partial charge in [-0.25, -0.2) is 5.43 Å². The average molecular weight is 597 g/mol. The predicted octanol–water partition coefficient (Wildman–Crippen LogP) is 6.33. The first-order valence-corrected chi connectivity index (χ1v) is 11.2. The molecule has 0 spiro atoms. The molecular formula is C22H17Br3N2O3. The van der Waals surface area contributed by atoms with Gasteiger partial charge in [-0.15, -0.1) is 0 Å². The molecule has 3 aromatic rings. The molecule has 30 heavy (non-hydrogen) atoms. The molecule has 0 aliphatic heterocycles. The zero-order chi connectivity index (χ0) is 21.5. The molecule has 5 nitrogen and oxygen atoms in total. The van der Waals surface area contributed by atoms with E-state index in [9.17, 15) is 4.79 Å². The van der Waals surface area contributed by atoms with Crippen LogP contribution in [0.2, 0.25) is 0 Å². The Bertz CT molecular complexity index is 1070. The number of amides is 1. The maximum atomic E-state index is 12.2. The lowest BCUT2D eigenvalue weighted by atomic mass is 10.2. The molecule has 0 radical (unpaired) electrons. The summed E-state index contributed by atoms with van der Waals surface area (Å²) in [6.07, 6.45) is 1.54. The number of carbonyl (C=O) groups excluding carboxylic acids is 1. The molecule has 3 rings (SSSR count). The smallest absolute Gasteiger partial charge is 0.272 e. The van der Waals surface area contributed by atoms with Gasteiger partial charge in [0, 0.05) is 8.95 Å². The molecule has 8 heteroatoms. The standard InChI is InChI=1S/C22H17Br3N2O3/c1-29-20-11-15(12-26-27-22(28)17-4-2-3-5-18(17)24)10-19(25)21(20)30-13-14-6-8-16(23)9-7-14/h2-12H,13H2,1H3,(H,27,28)/b26-12-. The second kappa shape index (κ2) is 10.7. The van der Waals surface area contributed by atoms with Crippen molar-refractivity contribution < 1.29 is 14.3 Å². The molecule has 0 atom stereocenters. The van der Waals surface area contributed by atoms with E-state index in [4.69, 9.17) is 9.47 Å². The van der Waals surface area contributed by atoms with Gasteiger partial charge in [-0.2, -0.15) is 5.10 Å². The number of carbonyl (C=O) groups is 1. The SMILES string of the molecule is COc1cc(/C=N\NC(=O)c2ccccc2Br)cc(Br)c1OCc1ccc(Br)cc1. The molecule has 0 aliphatic carbocycles. The fraction of sp³-hybridized carbons (Fsp3) is 0.0909. The number of halogens is 3. The number of ether oxygens (including phenoxy) is 2. The summed E-state index contributed by atoms with van der Waals surface area (Å²) in [4.78, 5) is 12.2. The van der Waals surface area contributed by atoms with Crippen LogP contribution in [-0.4, -0.2) is 19.2 Å². The Kier molecular flexibility index (Phi) is 8.07. The Morgan fingerprint density at radius 1 is 1.03 bits per heavy atom. The maximum Gasteiger partial charge on any atom is 0.272 e. The van der Waals surface area contributed by atoms with Gasteiger partial charge in [0.05, 0.1) is 23.4 Å². The summed E-state index contributed by atoms with van der Waals surface area (Å²) < 4.78 is 13.9. The zero-order valence-corrected chi connectivity index (χ0v) is 20.6.